The van der Waals surface area contributed by atoms with Crippen molar-refractivity contribution in [1.29, 1.82) is 5.26 Å². The third kappa shape index (κ3) is 3.98. The molecule has 0 bridgehead atoms. The smallest absolute Gasteiger partial charge is 0.156 e. The molecule has 0 amide bonds. The van der Waals surface area contributed by atoms with Crippen LogP contribution in [0, 0.1) is 11.3 Å². The maximum atomic E-state index is 9.08. The summed E-state index contributed by atoms with van der Waals surface area (Å²) in [6.07, 6.45) is 7.44. The summed E-state index contributed by atoms with van der Waals surface area (Å²) in [5.41, 5.74) is 6.50. The molecule has 6 nitrogen and oxygen atoms in total. The van der Waals surface area contributed by atoms with Gasteiger partial charge in [0.25, 0.3) is 0 Å². The van der Waals surface area contributed by atoms with Crippen LogP contribution in [-0.4, -0.2) is 24.7 Å². The molecular weight excluding hydrogens is 384 g/mol. The van der Waals surface area contributed by atoms with E-state index in [0.29, 0.717) is 12.1 Å². The number of hydrogen-bond acceptors (Lipinski definition) is 4. The zero-order valence-corrected chi connectivity index (χ0v) is 16.6. The summed E-state index contributed by atoms with van der Waals surface area (Å²) in [5, 5.41) is 13.6. The molecule has 0 unspecified atom stereocenters. The topological polar surface area (TPSA) is 83.2 Å². The van der Waals surface area contributed by atoms with Gasteiger partial charge in [0.15, 0.2) is 5.82 Å². The summed E-state index contributed by atoms with van der Waals surface area (Å²) in [4.78, 5) is 12.3. The van der Waals surface area contributed by atoms with Gasteiger partial charge in [-0.1, -0.05) is 42.5 Å². The molecular formula is C25H18N6. The van der Waals surface area contributed by atoms with Crippen molar-refractivity contribution in [3.8, 4) is 40.0 Å². The third-order valence-electron chi connectivity index (χ3n) is 5.03. The van der Waals surface area contributed by atoms with Gasteiger partial charge in [-0.3, -0.25) is 9.67 Å². The number of nitriles is 1. The number of benzene rings is 2. The first-order valence-corrected chi connectivity index (χ1v) is 9.87. The Morgan fingerprint density at radius 1 is 0.871 bits per heavy atom. The molecule has 5 aromatic rings. The monoisotopic (exact) mass is 402 g/mol. The molecule has 0 aliphatic carbocycles. The lowest BCUT2D eigenvalue weighted by Gasteiger charge is -2.03. The van der Waals surface area contributed by atoms with Crippen LogP contribution in [0.15, 0.2) is 91.5 Å². The van der Waals surface area contributed by atoms with Crippen molar-refractivity contribution in [2.45, 2.75) is 6.54 Å². The number of aromatic amines is 1. The van der Waals surface area contributed by atoms with E-state index in [-0.39, 0.29) is 0 Å². The molecule has 148 valence electrons. The Morgan fingerprint density at radius 3 is 2.65 bits per heavy atom. The SMILES string of the molecule is N#Cc1cccc(Cn2cc(-c3ccnc(-c4ncc(-c5ccccc5)[nH]4)c3)cn2)c1. The van der Waals surface area contributed by atoms with Crippen molar-refractivity contribution < 1.29 is 0 Å². The second-order valence-corrected chi connectivity index (χ2v) is 7.18. The van der Waals surface area contributed by atoms with Gasteiger partial charge in [0.1, 0.15) is 5.69 Å². The lowest BCUT2D eigenvalue weighted by Crippen LogP contribution is -1.99. The lowest BCUT2D eigenvalue weighted by atomic mass is 10.1. The standard InChI is InChI=1S/C25H18N6/c26-13-18-5-4-6-19(11-18)16-31-17-22(14-29-31)21-9-10-27-23(12-21)25-28-15-24(30-25)20-7-2-1-3-8-20/h1-12,14-15,17H,16H2,(H,28,30). The predicted molar refractivity (Wildman–Crippen MR) is 119 cm³/mol. The van der Waals surface area contributed by atoms with E-state index in [2.05, 4.69) is 26.1 Å². The van der Waals surface area contributed by atoms with Gasteiger partial charge in [0.2, 0.25) is 0 Å². The highest BCUT2D eigenvalue weighted by molar-refractivity contribution is 5.68. The predicted octanol–water partition coefficient (Wildman–Crippen LogP) is 4.92. The van der Waals surface area contributed by atoms with Gasteiger partial charge < -0.3 is 4.98 Å². The molecule has 3 aromatic heterocycles. The molecule has 5 rings (SSSR count). The fourth-order valence-electron chi connectivity index (χ4n) is 3.48. The average Bonchev–Trinajstić information content (AvgIpc) is 3.50. The summed E-state index contributed by atoms with van der Waals surface area (Å²) < 4.78 is 1.87. The maximum absolute atomic E-state index is 9.08. The molecule has 0 aliphatic rings. The maximum Gasteiger partial charge on any atom is 0.156 e. The third-order valence-corrected chi connectivity index (χ3v) is 5.03. The van der Waals surface area contributed by atoms with E-state index in [1.54, 1.807) is 12.3 Å². The van der Waals surface area contributed by atoms with Crippen molar-refractivity contribution in [2.75, 3.05) is 0 Å². The molecule has 31 heavy (non-hydrogen) atoms. The fourth-order valence-corrected chi connectivity index (χ4v) is 3.48. The average molecular weight is 402 g/mol. The largest absolute Gasteiger partial charge is 0.337 e. The van der Waals surface area contributed by atoms with E-state index in [9.17, 15) is 0 Å². The first-order chi connectivity index (χ1) is 15.3. The number of nitrogens with one attached hydrogen (secondary N) is 1. The number of H-pyrrole nitrogens is 1. The van der Waals surface area contributed by atoms with Gasteiger partial charge in [-0.25, -0.2) is 4.98 Å². The van der Waals surface area contributed by atoms with Crippen molar-refractivity contribution in [3.05, 3.63) is 103 Å². The Labute approximate surface area is 179 Å². The van der Waals surface area contributed by atoms with E-state index in [4.69, 9.17) is 5.26 Å². The molecule has 0 saturated carbocycles. The number of nitrogens with zero attached hydrogens (tertiary/aromatic N) is 5. The normalized spacial score (nSPS) is 10.7. The second-order valence-electron chi connectivity index (χ2n) is 7.18. The van der Waals surface area contributed by atoms with Crippen LogP contribution in [0.25, 0.3) is 33.9 Å². The lowest BCUT2D eigenvalue weighted by molar-refractivity contribution is 0.687. The van der Waals surface area contributed by atoms with Crippen LogP contribution in [0.2, 0.25) is 0 Å². The quantitative estimate of drug-likeness (QED) is 0.452. The van der Waals surface area contributed by atoms with Crippen LogP contribution in [0.4, 0.5) is 0 Å². The van der Waals surface area contributed by atoms with E-state index in [0.717, 1.165) is 39.5 Å². The number of pyridine rings is 1. The zero-order chi connectivity index (χ0) is 21.0. The Balaban J connectivity index is 1.39. The first kappa shape index (κ1) is 18.5. The molecule has 0 atom stereocenters. The van der Waals surface area contributed by atoms with Crippen molar-refractivity contribution in [3.63, 3.8) is 0 Å². The zero-order valence-electron chi connectivity index (χ0n) is 16.6. The summed E-state index contributed by atoms with van der Waals surface area (Å²) >= 11 is 0. The number of rotatable bonds is 5. The Morgan fingerprint density at radius 2 is 1.77 bits per heavy atom. The molecule has 0 aliphatic heterocycles. The summed E-state index contributed by atoms with van der Waals surface area (Å²) in [5.74, 6) is 0.724. The Hall–Kier alpha value is -4.50. The van der Waals surface area contributed by atoms with Crippen molar-refractivity contribution >= 4 is 0 Å². The van der Waals surface area contributed by atoms with E-state index >= 15 is 0 Å². The van der Waals surface area contributed by atoms with E-state index in [1.807, 2.05) is 83.9 Å². The van der Waals surface area contributed by atoms with Crippen LogP contribution >= 0.6 is 0 Å². The van der Waals surface area contributed by atoms with Crippen LogP contribution in [0.1, 0.15) is 11.1 Å². The Bertz CT molecular complexity index is 1370. The van der Waals surface area contributed by atoms with Gasteiger partial charge in [-0.15, -0.1) is 0 Å². The number of hydrogen-bond donors (Lipinski definition) is 1. The van der Waals surface area contributed by atoms with Gasteiger partial charge >= 0.3 is 0 Å². The van der Waals surface area contributed by atoms with Crippen LogP contribution in [0.3, 0.4) is 0 Å². The molecule has 1 N–H and O–H groups in total. The minimum absolute atomic E-state index is 0.603. The van der Waals surface area contributed by atoms with E-state index in [1.165, 1.54) is 0 Å². The fraction of sp³-hybridized carbons (Fsp3) is 0.0400. The minimum Gasteiger partial charge on any atom is -0.337 e. The molecule has 6 heteroatoms. The molecule has 3 heterocycles. The summed E-state index contributed by atoms with van der Waals surface area (Å²) in [6.45, 7) is 0.603. The van der Waals surface area contributed by atoms with Crippen LogP contribution < -0.4 is 0 Å². The summed E-state index contributed by atoms with van der Waals surface area (Å²) in [6, 6.07) is 23.8. The molecule has 0 spiro atoms. The highest BCUT2D eigenvalue weighted by atomic mass is 15.3. The van der Waals surface area contributed by atoms with Gasteiger partial charge in [-0.2, -0.15) is 10.4 Å². The molecule has 0 radical (unpaired) electrons. The van der Waals surface area contributed by atoms with Crippen LogP contribution in [0.5, 0.6) is 0 Å². The van der Waals surface area contributed by atoms with Crippen LogP contribution in [-0.2, 0) is 6.54 Å². The second kappa shape index (κ2) is 8.09. The molecule has 0 saturated heterocycles. The summed E-state index contributed by atoms with van der Waals surface area (Å²) in [7, 11) is 0. The van der Waals surface area contributed by atoms with Crippen molar-refractivity contribution in [2.24, 2.45) is 0 Å². The highest BCUT2D eigenvalue weighted by Crippen LogP contribution is 2.25. The minimum atomic E-state index is 0.603. The number of imidazole rings is 1. The Kier molecular flexibility index (Phi) is 4.83. The first-order valence-electron chi connectivity index (χ1n) is 9.87. The molecule has 0 fully saturated rings. The van der Waals surface area contributed by atoms with Gasteiger partial charge in [-0.05, 0) is 41.0 Å². The van der Waals surface area contributed by atoms with Gasteiger partial charge in [0, 0.05) is 18.0 Å². The number of aromatic nitrogens is 5. The highest BCUT2D eigenvalue weighted by Gasteiger charge is 2.09. The van der Waals surface area contributed by atoms with E-state index < -0.39 is 0 Å². The van der Waals surface area contributed by atoms with Gasteiger partial charge in [0.05, 0.1) is 36.3 Å². The molecule has 2 aromatic carbocycles. The van der Waals surface area contributed by atoms with Crippen molar-refractivity contribution in [1.82, 2.24) is 24.7 Å².